The predicted octanol–water partition coefficient (Wildman–Crippen LogP) is 4.23. The SMILES string of the molecule is CC(C)(C)OC(=O)NC(Cc1ccccc1)C(O)CC(Cc1ccc(OCCN2CCOCC2)cc1)C(=O)N[C@@H]1CS(=O)(=O)Cc2ccccc21. The fourth-order valence-corrected chi connectivity index (χ4v) is 8.15. The van der Waals surface area contributed by atoms with Crippen molar-refractivity contribution < 1.29 is 37.3 Å². The molecule has 0 bridgehead atoms. The van der Waals surface area contributed by atoms with Crippen molar-refractivity contribution in [2.75, 3.05) is 45.2 Å². The fourth-order valence-electron chi connectivity index (χ4n) is 6.53. The van der Waals surface area contributed by atoms with Crippen LogP contribution >= 0.6 is 0 Å². The summed E-state index contributed by atoms with van der Waals surface area (Å²) in [7, 11) is -3.44. The Morgan fingerprint density at radius 1 is 0.941 bits per heavy atom. The minimum atomic E-state index is -3.44. The average molecular weight is 722 g/mol. The Morgan fingerprint density at radius 3 is 2.31 bits per heavy atom. The molecule has 3 aromatic rings. The van der Waals surface area contributed by atoms with E-state index in [1.807, 2.05) is 66.7 Å². The normalized spacial score (nSPS) is 19.2. The third-order valence-electron chi connectivity index (χ3n) is 9.09. The van der Waals surface area contributed by atoms with Gasteiger partial charge in [-0.2, -0.15) is 0 Å². The van der Waals surface area contributed by atoms with Gasteiger partial charge in [0, 0.05) is 25.6 Å². The summed E-state index contributed by atoms with van der Waals surface area (Å²) in [5.74, 6) is -0.716. The van der Waals surface area contributed by atoms with Crippen LogP contribution in [0, 0.1) is 5.92 Å². The van der Waals surface area contributed by atoms with Gasteiger partial charge < -0.3 is 30.0 Å². The van der Waals surface area contributed by atoms with E-state index in [0.29, 0.717) is 24.3 Å². The zero-order valence-electron chi connectivity index (χ0n) is 29.8. The van der Waals surface area contributed by atoms with E-state index in [-0.39, 0.29) is 30.3 Å². The van der Waals surface area contributed by atoms with Crippen molar-refractivity contribution in [3.63, 3.8) is 0 Å². The van der Waals surface area contributed by atoms with Crippen molar-refractivity contribution in [3.8, 4) is 5.75 Å². The van der Waals surface area contributed by atoms with Crippen molar-refractivity contribution >= 4 is 21.8 Å². The number of amides is 2. The number of carbonyl (C=O) groups is 2. The average Bonchev–Trinajstić information content (AvgIpc) is 3.08. The van der Waals surface area contributed by atoms with Crippen LogP contribution in [0.5, 0.6) is 5.75 Å². The molecule has 2 aliphatic rings. The molecule has 5 rings (SSSR count). The molecule has 2 heterocycles. The number of benzene rings is 3. The maximum absolute atomic E-state index is 14.2. The highest BCUT2D eigenvalue weighted by Crippen LogP contribution is 2.29. The van der Waals surface area contributed by atoms with Crippen LogP contribution in [0.25, 0.3) is 0 Å². The number of fused-ring (bicyclic) bond motifs is 1. The first-order chi connectivity index (χ1) is 24.3. The van der Waals surface area contributed by atoms with Crippen LogP contribution < -0.4 is 15.4 Å². The molecule has 3 N–H and O–H groups in total. The molecule has 1 fully saturated rings. The first-order valence-electron chi connectivity index (χ1n) is 17.7. The molecule has 276 valence electrons. The van der Waals surface area contributed by atoms with Crippen LogP contribution in [-0.2, 0) is 42.7 Å². The molecule has 0 radical (unpaired) electrons. The quantitative estimate of drug-likeness (QED) is 0.223. The summed E-state index contributed by atoms with van der Waals surface area (Å²) in [5.41, 5.74) is 2.43. The van der Waals surface area contributed by atoms with Crippen LogP contribution in [0.1, 0.15) is 55.5 Å². The number of ether oxygens (including phenoxy) is 3. The van der Waals surface area contributed by atoms with Gasteiger partial charge in [0.1, 0.15) is 18.0 Å². The molecule has 4 atom stereocenters. The second-order valence-corrected chi connectivity index (χ2v) is 16.5. The number of aliphatic hydroxyl groups excluding tert-OH is 1. The van der Waals surface area contributed by atoms with E-state index in [1.54, 1.807) is 32.9 Å². The van der Waals surface area contributed by atoms with Crippen LogP contribution in [0.15, 0.2) is 78.9 Å². The van der Waals surface area contributed by atoms with Gasteiger partial charge in [0.2, 0.25) is 5.91 Å². The van der Waals surface area contributed by atoms with Crippen LogP contribution in [0.4, 0.5) is 4.79 Å². The number of aliphatic hydroxyl groups is 1. The summed E-state index contributed by atoms with van der Waals surface area (Å²) in [6.45, 7) is 9.85. The Labute approximate surface area is 301 Å². The van der Waals surface area contributed by atoms with E-state index in [0.717, 1.165) is 49.5 Å². The van der Waals surface area contributed by atoms with E-state index >= 15 is 0 Å². The zero-order valence-corrected chi connectivity index (χ0v) is 30.6. The third kappa shape index (κ3) is 12.1. The lowest BCUT2D eigenvalue weighted by molar-refractivity contribution is -0.126. The van der Waals surface area contributed by atoms with Gasteiger partial charge in [-0.3, -0.25) is 9.69 Å². The minimum absolute atomic E-state index is 0.00194. The van der Waals surface area contributed by atoms with Crippen LogP contribution in [0.2, 0.25) is 0 Å². The number of sulfone groups is 1. The van der Waals surface area contributed by atoms with Crippen molar-refractivity contribution in [3.05, 3.63) is 101 Å². The van der Waals surface area contributed by atoms with Crippen molar-refractivity contribution in [1.29, 1.82) is 0 Å². The molecular weight excluding hydrogens is 671 g/mol. The lowest BCUT2D eigenvalue weighted by atomic mass is 9.88. The Morgan fingerprint density at radius 2 is 1.61 bits per heavy atom. The van der Waals surface area contributed by atoms with Crippen molar-refractivity contribution in [1.82, 2.24) is 15.5 Å². The number of nitrogens with one attached hydrogen (secondary N) is 2. The first kappa shape index (κ1) is 38.3. The van der Waals surface area contributed by atoms with Gasteiger partial charge >= 0.3 is 6.09 Å². The molecule has 0 aliphatic carbocycles. The Hall–Kier alpha value is -3.97. The van der Waals surface area contributed by atoms with Gasteiger partial charge in [-0.25, -0.2) is 13.2 Å². The topological polar surface area (TPSA) is 144 Å². The van der Waals surface area contributed by atoms with Crippen molar-refractivity contribution in [2.24, 2.45) is 5.92 Å². The highest BCUT2D eigenvalue weighted by atomic mass is 32.2. The standard InChI is InChI=1S/C39H51N3O8S/c1-39(2,3)50-38(45)41-34(24-28-9-5-4-6-10-28)36(43)25-31(37(44)40-35-27-51(46,47)26-30-11-7-8-12-33(30)35)23-29-13-15-32(16-14-29)49-22-19-42-17-20-48-21-18-42/h4-16,31,34-36,43H,17-27H2,1-3H3,(H,40,44)(H,41,45)/t31?,34?,35-,36?/m1/s1. The lowest BCUT2D eigenvalue weighted by Crippen LogP contribution is -2.48. The van der Waals surface area contributed by atoms with Gasteiger partial charge in [-0.15, -0.1) is 0 Å². The summed E-state index contributed by atoms with van der Waals surface area (Å²) in [4.78, 5) is 29.4. The number of hydrogen-bond donors (Lipinski definition) is 3. The first-order valence-corrected chi connectivity index (χ1v) is 19.5. The van der Waals surface area contributed by atoms with Crippen LogP contribution in [0.3, 0.4) is 0 Å². The maximum atomic E-state index is 14.2. The fraction of sp³-hybridized carbons (Fsp3) is 0.487. The van der Waals surface area contributed by atoms with Crippen molar-refractivity contribution in [2.45, 2.75) is 69.6 Å². The van der Waals surface area contributed by atoms with Gasteiger partial charge in [-0.05, 0) is 74.4 Å². The molecule has 12 heteroatoms. The summed E-state index contributed by atoms with van der Waals surface area (Å²) in [6, 6.07) is 22.8. The summed E-state index contributed by atoms with van der Waals surface area (Å²) >= 11 is 0. The molecule has 2 amide bonds. The highest BCUT2D eigenvalue weighted by Gasteiger charge is 2.34. The monoisotopic (exact) mass is 721 g/mol. The van der Waals surface area contributed by atoms with Gasteiger partial charge in [-0.1, -0.05) is 66.7 Å². The number of carbonyl (C=O) groups excluding carboxylic acids is 2. The molecular formula is C39H51N3O8S. The smallest absolute Gasteiger partial charge is 0.407 e. The second kappa shape index (κ2) is 17.5. The van der Waals surface area contributed by atoms with E-state index in [4.69, 9.17) is 14.2 Å². The Kier molecular flexibility index (Phi) is 13.1. The van der Waals surface area contributed by atoms with E-state index < -0.39 is 45.6 Å². The molecule has 51 heavy (non-hydrogen) atoms. The Bertz CT molecular complexity index is 1690. The predicted molar refractivity (Wildman–Crippen MR) is 195 cm³/mol. The minimum Gasteiger partial charge on any atom is -0.492 e. The van der Waals surface area contributed by atoms with E-state index in [2.05, 4.69) is 15.5 Å². The molecule has 3 aromatic carbocycles. The number of morpholine rings is 1. The number of alkyl carbamates (subject to hydrolysis) is 1. The second-order valence-electron chi connectivity index (χ2n) is 14.4. The van der Waals surface area contributed by atoms with Gasteiger partial charge in [0.25, 0.3) is 0 Å². The summed E-state index contributed by atoms with van der Waals surface area (Å²) in [6.07, 6.45) is -1.24. The third-order valence-corrected chi connectivity index (χ3v) is 10.7. The highest BCUT2D eigenvalue weighted by molar-refractivity contribution is 7.90. The maximum Gasteiger partial charge on any atom is 0.407 e. The van der Waals surface area contributed by atoms with Gasteiger partial charge in [0.15, 0.2) is 9.84 Å². The summed E-state index contributed by atoms with van der Waals surface area (Å²) < 4.78 is 42.6. The lowest BCUT2D eigenvalue weighted by Gasteiger charge is -2.31. The molecule has 1 saturated heterocycles. The van der Waals surface area contributed by atoms with E-state index in [9.17, 15) is 23.1 Å². The van der Waals surface area contributed by atoms with E-state index in [1.165, 1.54) is 0 Å². The molecule has 0 saturated carbocycles. The largest absolute Gasteiger partial charge is 0.492 e. The van der Waals surface area contributed by atoms with Crippen LogP contribution in [-0.4, -0.2) is 93.4 Å². The molecule has 2 aliphatic heterocycles. The molecule has 0 aromatic heterocycles. The number of rotatable bonds is 14. The van der Waals surface area contributed by atoms with Gasteiger partial charge in [0.05, 0.1) is 42.9 Å². The summed E-state index contributed by atoms with van der Waals surface area (Å²) in [5, 5.41) is 17.6. The Balaban J connectivity index is 1.34. The molecule has 11 nitrogen and oxygen atoms in total. The number of hydrogen-bond acceptors (Lipinski definition) is 9. The zero-order chi connectivity index (χ0) is 36.4. The molecule has 0 spiro atoms. The molecule has 3 unspecified atom stereocenters. The number of nitrogens with zero attached hydrogens (tertiary/aromatic N) is 1.